The van der Waals surface area contributed by atoms with E-state index in [0.717, 1.165) is 11.3 Å². The maximum atomic E-state index is 12.3. The van der Waals surface area contributed by atoms with E-state index in [1.807, 2.05) is 42.5 Å². The van der Waals surface area contributed by atoms with Crippen molar-refractivity contribution in [3.05, 3.63) is 65.7 Å². The smallest absolute Gasteiger partial charge is 0.144 e. The summed E-state index contributed by atoms with van der Waals surface area (Å²) in [6, 6.07) is 18.1. The summed E-state index contributed by atoms with van der Waals surface area (Å²) in [6.07, 6.45) is 0.570. The minimum atomic E-state index is -0.0681. The number of para-hydroxylation sites is 1. The summed E-state index contributed by atoms with van der Waals surface area (Å²) in [4.78, 5) is 12.3. The van der Waals surface area contributed by atoms with Crippen molar-refractivity contribution in [2.24, 2.45) is 0 Å². The molecule has 1 aliphatic carbocycles. The third-order valence-electron chi connectivity index (χ3n) is 4.24. The number of hydrogen-bond acceptors (Lipinski definition) is 2. The van der Waals surface area contributed by atoms with Crippen LogP contribution in [0.1, 0.15) is 29.4 Å². The Labute approximate surface area is 112 Å². The predicted octanol–water partition coefficient (Wildman–Crippen LogP) is 3.29. The maximum absolute atomic E-state index is 12.3. The lowest BCUT2D eigenvalue weighted by molar-refractivity contribution is -0.118. The molecule has 0 saturated heterocycles. The van der Waals surface area contributed by atoms with Crippen LogP contribution in [0.4, 0.5) is 0 Å². The highest BCUT2D eigenvalue weighted by molar-refractivity contribution is 5.91. The molecule has 94 valence electrons. The molecule has 2 aromatic rings. The van der Waals surface area contributed by atoms with E-state index in [0.29, 0.717) is 12.2 Å². The summed E-state index contributed by atoms with van der Waals surface area (Å²) in [5, 5.41) is 0. The highest BCUT2D eigenvalue weighted by Gasteiger charge is 2.50. The van der Waals surface area contributed by atoms with Gasteiger partial charge in [-0.1, -0.05) is 48.5 Å². The topological polar surface area (TPSA) is 26.3 Å². The average Bonchev–Trinajstić information content (AvgIpc) is 2.98. The third-order valence-corrected chi connectivity index (χ3v) is 4.24. The fourth-order valence-electron chi connectivity index (χ4n) is 3.38. The summed E-state index contributed by atoms with van der Waals surface area (Å²) in [6.45, 7) is 0. The van der Waals surface area contributed by atoms with Crippen LogP contribution in [0.5, 0.6) is 5.75 Å². The zero-order valence-corrected chi connectivity index (χ0v) is 10.5. The van der Waals surface area contributed by atoms with Gasteiger partial charge in [0, 0.05) is 17.9 Å². The molecule has 19 heavy (non-hydrogen) atoms. The first-order valence-corrected chi connectivity index (χ1v) is 6.68. The number of hydrogen-bond donors (Lipinski definition) is 0. The second-order valence-electron chi connectivity index (χ2n) is 5.29. The Morgan fingerprint density at radius 1 is 0.947 bits per heavy atom. The van der Waals surface area contributed by atoms with Crippen LogP contribution in [0, 0.1) is 0 Å². The molecule has 0 aromatic heterocycles. The zero-order chi connectivity index (χ0) is 12.8. The molecule has 2 nitrogen and oxygen atoms in total. The Morgan fingerprint density at radius 3 is 2.53 bits per heavy atom. The first-order valence-electron chi connectivity index (χ1n) is 6.68. The molecule has 0 radical (unpaired) electrons. The van der Waals surface area contributed by atoms with E-state index in [4.69, 9.17) is 4.74 Å². The van der Waals surface area contributed by atoms with Crippen molar-refractivity contribution in [3.63, 3.8) is 0 Å². The van der Waals surface area contributed by atoms with E-state index in [9.17, 15) is 4.79 Å². The molecule has 3 atom stereocenters. The van der Waals surface area contributed by atoms with Gasteiger partial charge in [0.15, 0.2) is 0 Å². The van der Waals surface area contributed by atoms with E-state index in [1.54, 1.807) is 0 Å². The van der Waals surface area contributed by atoms with Crippen LogP contribution in [0.15, 0.2) is 54.6 Å². The molecule has 0 spiro atoms. The molecular weight excluding hydrogens is 236 g/mol. The van der Waals surface area contributed by atoms with E-state index < -0.39 is 0 Å². The Kier molecular flexibility index (Phi) is 2.25. The van der Waals surface area contributed by atoms with Crippen LogP contribution in [-0.4, -0.2) is 11.9 Å². The van der Waals surface area contributed by atoms with E-state index in [2.05, 4.69) is 12.1 Å². The van der Waals surface area contributed by atoms with Gasteiger partial charge in [-0.15, -0.1) is 0 Å². The van der Waals surface area contributed by atoms with Crippen molar-refractivity contribution < 1.29 is 9.53 Å². The Bertz CT molecular complexity index is 633. The van der Waals surface area contributed by atoms with Gasteiger partial charge in [-0.25, -0.2) is 0 Å². The molecule has 0 N–H and O–H groups in total. The molecule has 4 rings (SSSR count). The van der Waals surface area contributed by atoms with Gasteiger partial charge in [0.05, 0.1) is 5.92 Å². The molecule has 2 heteroatoms. The van der Waals surface area contributed by atoms with Crippen LogP contribution in [0.25, 0.3) is 0 Å². The first-order chi connectivity index (χ1) is 9.34. The fourth-order valence-corrected chi connectivity index (χ4v) is 3.38. The molecule has 1 saturated carbocycles. The number of carbonyl (C=O) groups is 1. The van der Waals surface area contributed by atoms with E-state index in [-0.39, 0.29) is 17.9 Å². The number of benzene rings is 2. The minimum Gasteiger partial charge on any atom is -0.488 e. The highest BCUT2D eigenvalue weighted by atomic mass is 16.5. The van der Waals surface area contributed by atoms with Gasteiger partial charge in [0.25, 0.3) is 0 Å². The molecular formula is C17H14O2. The summed E-state index contributed by atoms with van der Waals surface area (Å²) < 4.78 is 6.05. The van der Waals surface area contributed by atoms with Crippen LogP contribution in [0.3, 0.4) is 0 Å². The lowest BCUT2D eigenvalue weighted by atomic mass is 9.92. The standard InChI is InChI=1S/C17H14O2/c18-14-10-13(11-6-2-1-3-7-11)17-16(14)12-8-4-5-9-15(12)19-17/h1-9,13,16-17H,10H2. The van der Waals surface area contributed by atoms with E-state index >= 15 is 0 Å². The van der Waals surface area contributed by atoms with Crippen LogP contribution >= 0.6 is 0 Å². The molecule has 1 fully saturated rings. The SMILES string of the molecule is O=C1CC(c2ccccc2)C2Oc3ccccc3C12. The quantitative estimate of drug-likeness (QED) is 0.776. The lowest BCUT2D eigenvalue weighted by Crippen LogP contribution is -2.21. The largest absolute Gasteiger partial charge is 0.488 e. The number of fused-ring (bicyclic) bond motifs is 3. The number of carbonyl (C=O) groups excluding carboxylic acids is 1. The second kappa shape index (κ2) is 3.95. The van der Waals surface area contributed by atoms with Gasteiger partial charge in [0.1, 0.15) is 17.6 Å². The number of Topliss-reactive ketones (excluding diaryl/α,β-unsaturated/α-hetero) is 1. The minimum absolute atomic E-state index is 0.0210. The molecule has 3 unspecified atom stereocenters. The van der Waals surface area contributed by atoms with Crippen molar-refractivity contribution in [1.29, 1.82) is 0 Å². The molecule has 0 bridgehead atoms. The predicted molar refractivity (Wildman–Crippen MR) is 72.4 cm³/mol. The van der Waals surface area contributed by atoms with Gasteiger partial charge in [0.2, 0.25) is 0 Å². The third kappa shape index (κ3) is 1.53. The number of ether oxygens (including phenoxy) is 1. The van der Waals surface area contributed by atoms with Crippen LogP contribution in [-0.2, 0) is 4.79 Å². The number of rotatable bonds is 1. The Hall–Kier alpha value is -2.09. The normalized spacial score (nSPS) is 27.8. The van der Waals surface area contributed by atoms with Gasteiger partial charge >= 0.3 is 0 Å². The monoisotopic (exact) mass is 250 g/mol. The van der Waals surface area contributed by atoms with Crippen molar-refractivity contribution in [2.75, 3.05) is 0 Å². The Balaban J connectivity index is 1.76. The van der Waals surface area contributed by atoms with Gasteiger partial charge in [-0.3, -0.25) is 4.79 Å². The zero-order valence-electron chi connectivity index (χ0n) is 10.5. The van der Waals surface area contributed by atoms with Gasteiger partial charge in [-0.2, -0.15) is 0 Å². The van der Waals surface area contributed by atoms with Crippen LogP contribution in [0.2, 0.25) is 0 Å². The highest BCUT2D eigenvalue weighted by Crippen LogP contribution is 2.50. The lowest BCUT2D eigenvalue weighted by Gasteiger charge is -2.18. The Morgan fingerprint density at radius 2 is 1.68 bits per heavy atom. The number of ketones is 1. The molecule has 2 aliphatic rings. The average molecular weight is 250 g/mol. The van der Waals surface area contributed by atoms with E-state index in [1.165, 1.54) is 5.56 Å². The molecule has 0 amide bonds. The first kappa shape index (κ1) is 10.8. The summed E-state index contributed by atoms with van der Waals surface area (Å²) in [5.74, 6) is 1.31. The van der Waals surface area contributed by atoms with Crippen LogP contribution < -0.4 is 4.74 Å². The molecule has 1 heterocycles. The molecule has 1 aliphatic heterocycles. The summed E-state index contributed by atoms with van der Waals surface area (Å²) >= 11 is 0. The summed E-state index contributed by atoms with van der Waals surface area (Å²) in [5.41, 5.74) is 2.27. The van der Waals surface area contributed by atoms with Crippen molar-refractivity contribution >= 4 is 5.78 Å². The van der Waals surface area contributed by atoms with Crippen molar-refractivity contribution in [2.45, 2.75) is 24.4 Å². The van der Waals surface area contributed by atoms with Gasteiger partial charge < -0.3 is 4.74 Å². The van der Waals surface area contributed by atoms with Crippen molar-refractivity contribution in [1.82, 2.24) is 0 Å². The maximum Gasteiger partial charge on any atom is 0.144 e. The summed E-state index contributed by atoms with van der Waals surface area (Å²) in [7, 11) is 0. The fraction of sp³-hybridized carbons (Fsp3) is 0.235. The molecule has 2 aromatic carbocycles. The van der Waals surface area contributed by atoms with Crippen molar-refractivity contribution in [3.8, 4) is 5.75 Å². The second-order valence-corrected chi connectivity index (χ2v) is 5.29. The van der Waals surface area contributed by atoms with Gasteiger partial charge in [-0.05, 0) is 11.6 Å².